The van der Waals surface area contributed by atoms with Crippen LogP contribution in [0.25, 0.3) is 11.0 Å². The summed E-state index contributed by atoms with van der Waals surface area (Å²) in [6, 6.07) is 6.42. The van der Waals surface area contributed by atoms with Gasteiger partial charge in [-0.3, -0.25) is 5.32 Å². The van der Waals surface area contributed by atoms with Crippen molar-refractivity contribution in [3.8, 4) is 0 Å². The summed E-state index contributed by atoms with van der Waals surface area (Å²) < 4.78 is 2.22. The molecule has 0 aliphatic carbocycles. The van der Waals surface area contributed by atoms with Gasteiger partial charge in [0.25, 0.3) is 0 Å². The van der Waals surface area contributed by atoms with Crippen molar-refractivity contribution in [2.24, 2.45) is 0 Å². The van der Waals surface area contributed by atoms with Gasteiger partial charge in [-0.05, 0) is 31.0 Å². The topological polar surface area (TPSA) is 29.9 Å². The minimum absolute atomic E-state index is 0.461. The summed E-state index contributed by atoms with van der Waals surface area (Å²) in [4.78, 5) is 4.41. The Morgan fingerprint density at radius 2 is 2.36 bits per heavy atom. The predicted molar refractivity (Wildman–Crippen MR) is 56.1 cm³/mol. The lowest BCUT2D eigenvalue weighted by atomic mass is 10.2. The zero-order chi connectivity index (χ0) is 9.54. The minimum atomic E-state index is 0.461. The average molecular weight is 187 g/mol. The molecule has 0 saturated carbocycles. The molecular formula is C11H13N3. The molecule has 1 aliphatic rings. The second-order valence-corrected chi connectivity index (χ2v) is 3.90. The predicted octanol–water partition coefficient (Wildman–Crippen LogP) is 1.84. The highest BCUT2D eigenvalue weighted by molar-refractivity contribution is 5.76. The Bertz CT molecular complexity index is 468. The van der Waals surface area contributed by atoms with E-state index >= 15 is 0 Å². The number of aryl methyl sites for hydroxylation is 1. The molecule has 1 saturated heterocycles. The number of rotatable bonds is 1. The second kappa shape index (κ2) is 2.82. The first-order chi connectivity index (χ1) is 6.84. The average Bonchev–Trinajstić information content (AvgIpc) is 2.45. The van der Waals surface area contributed by atoms with Crippen LogP contribution in [-0.4, -0.2) is 16.1 Å². The van der Waals surface area contributed by atoms with Crippen molar-refractivity contribution in [2.45, 2.75) is 19.5 Å². The number of hydrogen-bond donors (Lipinski definition) is 1. The SMILES string of the molecule is Cc1ccc2c(c1)ncn2C1CCN1. The summed E-state index contributed by atoms with van der Waals surface area (Å²) >= 11 is 0. The van der Waals surface area contributed by atoms with Crippen molar-refractivity contribution < 1.29 is 0 Å². The number of nitrogens with one attached hydrogen (secondary N) is 1. The van der Waals surface area contributed by atoms with E-state index < -0.39 is 0 Å². The molecule has 1 fully saturated rings. The number of benzene rings is 1. The first-order valence-corrected chi connectivity index (χ1v) is 5.01. The third-order valence-corrected chi connectivity index (χ3v) is 2.86. The smallest absolute Gasteiger partial charge is 0.0971 e. The van der Waals surface area contributed by atoms with Crippen LogP contribution < -0.4 is 5.32 Å². The lowest BCUT2D eigenvalue weighted by Gasteiger charge is -2.29. The maximum Gasteiger partial charge on any atom is 0.0971 e. The molecule has 0 bridgehead atoms. The van der Waals surface area contributed by atoms with Crippen LogP contribution in [-0.2, 0) is 0 Å². The van der Waals surface area contributed by atoms with E-state index in [2.05, 4.69) is 40.0 Å². The first-order valence-electron chi connectivity index (χ1n) is 5.01. The van der Waals surface area contributed by atoms with E-state index in [0.29, 0.717) is 6.17 Å². The van der Waals surface area contributed by atoms with Crippen LogP contribution in [0.3, 0.4) is 0 Å². The fraction of sp³-hybridized carbons (Fsp3) is 0.364. The summed E-state index contributed by atoms with van der Waals surface area (Å²) in [5.41, 5.74) is 3.59. The van der Waals surface area contributed by atoms with Crippen molar-refractivity contribution in [3.63, 3.8) is 0 Å². The van der Waals surface area contributed by atoms with Crippen LogP contribution in [0.5, 0.6) is 0 Å². The zero-order valence-corrected chi connectivity index (χ0v) is 8.20. The van der Waals surface area contributed by atoms with E-state index in [1.165, 1.54) is 17.5 Å². The van der Waals surface area contributed by atoms with Gasteiger partial charge in [0.05, 0.1) is 23.5 Å². The highest BCUT2D eigenvalue weighted by atomic mass is 15.2. The fourth-order valence-corrected chi connectivity index (χ4v) is 1.90. The highest BCUT2D eigenvalue weighted by Gasteiger charge is 2.19. The van der Waals surface area contributed by atoms with Crippen molar-refractivity contribution in [1.82, 2.24) is 14.9 Å². The van der Waals surface area contributed by atoms with Gasteiger partial charge < -0.3 is 4.57 Å². The van der Waals surface area contributed by atoms with E-state index in [4.69, 9.17) is 0 Å². The number of aromatic nitrogens is 2. The summed E-state index contributed by atoms with van der Waals surface area (Å²) in [7, 11) is 0. The standard InChI is InChI=1S/C11H13N3/c1-8-2-3-10-9(6-8)13-7-14(10)11-4-5-12-11/h2-3,6-7,11-12H,4-5H2,1H3. The van der Waals surface area contributed by atoms with Gasteiger partial charge in [0.2, 0.25) is 0 Å². The van der Waals surface area contributed by atoms with Crippen molar-refractivity contribution in [3.05, 3.63) is 30.1 Å². The Morgan fingerprint density at radius 1 is 1.50 bits per heavy atom. The van der Waals surface area contributed by atoms with Crippen molar-refractivity contribution in [1.29, 1.82) is 0 Å². The molecule has 0 radical (unpaired) electrons. The fourth-order valence-electron chi connectivity index (χ4n) is 1.90. The molecule has 0 amide bonds. The first kappa shape index (κ1) is 8.00. The molecular weight excluding hydrogens is 174 g/mol. The van der Waals surface area contributed by atoms with Gasteiger partial charge in [-0.15, -0.1) is 0 Å². The molecule has 1 atom stereocenters. The normalized spacial score (nSPS) is 21.1. The number of nitrogens with zero attached hydrogens (tertiary/aromatic N) is 2. The molecule has 72 valence electrons. The molecule has 3 nitrogen and oxygen atoms in total. The Kier molecular flexibility index (Phi) is 1.61. The monoisotopic (exact) mass is 187 g/mol. The Morgan fingerprint density at radius 3 is 3.07 bits per heavy atom. The van der Waals surface area contributed by atoms with Crippen LogP contribution in [0.2, 0.25) is 0 Å². The van der Waals surface area contributed by atoms with E-state index in [9.17, 15) is 0 Å². The van der Waals surface area contributed by atoms with Gasteiger partial charge in [0.1, 0.15) is 0 Å². The molecule has 1 aromatic carbocycles. The lowest BCUT2D eigenvalue weighted by molar-refractivity contribution is 0.287. The van der Waals surface area contributed by atoms with E-state index in [0.717, 1.165) is 12.1 Å². The van der Waals surface area contributed by atoms with Crippen LogP contribution in [0, 0.1) is 6.92 Å². The molecule has 1 aromatic heterocycles. The minimum Gasteiger partial charge on any atom is -0.314 e. The second-order valence-electron chi connectivity index (χ2n) is 3.90. The third kappa shape index (κ3) is 1.06. The zero-order valence-electron chi connectivity index (χ0n) is 8.20. The summed E-state index contributed by atoms with van der Waals surface area (Å²) in [5, 5.41) is 3.38. The number of imidazole rings is 1. The molecule has 1 unspecified atom stereocenters. The summed E-state index contributed by atoms with van der Waals surface area (Å²) in [6.45, 7) is 3.22. The lowest BCUT2D eigenvalue weighted by Crippen LogP contribution is -2.38. The van der Waals surface area contributed by atoms with Gasteiger partial charge in [-0.25, -0.2) is 4.98 Å². The maximum absolute atomic E-state index is 4.41. The quantitative estimate of drug-likeness (QED) is 0.738. The van der Waals surface area contributed by atoms with Crippen molar-refractivity contribution >= 4 is 11.0 Å². The van der Waals surface area contributed by atoms with E-state index in [1.807, 2.05) is 6.33 Å². The molecule has 1 N–H and O–H groups in total. The molecule has 2 aromatic rings. The Balaban J connectivity index is 2.16. The number of fused-ring (bicyclic) bond motifs is 1. The van der Waals surface area contributed by atoms with Crippen LogP contribution >= 0.6 is 0 Å². The summed E-state index contributed by atoms with van der Waals surface area (Å²) in [6.07, 6.45) is 3.60. The van der Waals surface area contributed by atoms with Crippen LogP contribution in [0.15, 0.2) is 24.5 Å². The Hall–Kier alpha value is -1.35. The Labute approximate surface area is 82.8 Å². The van der Waals surface area contributed by atoms with Gasteiger partial charge in [0, 0.05) is 6.54 Å². The van der Waals surface area contributed by atoms with Gasteiger partial charge in [-0.2, -0.15) is 0 Å². The molecule has 3 heteroatoms. The van der Waals surface area contributed by atoms with Crippen LogP contribution in [0.4, 0.5) is 0 Å². The van der Waals surface area contributed by atoms with Gasteiger partial charge in [-0.1, -0.05) is 6.07 Å². The van der Waals surface area contributed by atoms with Crippen molar-refractivity contribution in [2.75, 3.05) is 6.54 Å². The number of hydrogen-bond acceptors (Lipinski definition) is 2. The molecule has 0 spiro atoms. The maximum atomic E-state index is 4.41. The largest absolute Gasteiger partial charge is 0.314 e. The summed E-state index contributed by atoms with van der Waals surface area (Å²) in [5.74, 6) is 0. The highest BCUT2D eigenvalue weighted by Crippen LogP contribution is 2.22. The van der Waals surface area contributed by atoms with E-state index in [-0.39, 0.29) is 0 Å². The molecule has 1 aliphatic heterocycles. The third-order valence-electron chi connectivity index (χ3n) is 2.86. The molecule has 2 heterocycles. The van der Waals surface area contributed by atoms with E-state index in [1.54, 1.807) is 0 Å². The van der Waals surface area contributed by atoms with Gasteiger partial charge >= 0.3 is 0 Å². The van der Waals surface area contributed by atoms with Gasteiger partial charge in [0.15, 0.2) is 0 Å². The molecule has 3 rings (SSSR count). The molecule has 14 heavy (non-hydrogen) atoms. The van der Waals surface area contributed by atoms with Crippen LogP contribution in [0.1, 0.15) is 18.2 Å².